The second-order valence-corrected chi connectivity index (χ2v) is 6.26. The van der Waals surface area contributed by atoms with Crippen LogP contribution in [0.3, 0.4) is 0 Å². The van der Waals surface area contributed by atoms with E-state index in [9.17, 15) is 29.6 Å². The zero-order chi connectivity index (χ0) is 20.3. The molecule has 0 atom stereocenters. The van der Waals surface area contributed by atoms with Crippen molar-refractivity contribution in [3.63, 3.8) is 0 Å². The normalized spacial score (nSPS) is 14.0. The van der Waals surface area contributed by atoms with Gasteiger partial charge in [0.1, 0.15) is 12.4 Å². The number of nitrogens with zero attached hydrogens (tertiary/aromatic N) is 2. The summed E-state index contributed by atoms with van der Waals surface area (Å²) < 4.78 is 14.8. The molecule has 0 bridgehead atoms. The van der Waals surface area contributed by atoms with Crippen molar-refractivity contribution in [2.75, 3.05) is 32.5 Å². The average Bonchev–Trinajstić information content (AvgIpc) is 2.65. The molecule has 1 heterocycles. The van der Waals surface area contributed by atoms with E-state index in [0.29, 0.717) is 0 Å². The van der Waals surface area contributed by atoms with E-state index in [1.165, 1.54) is 0 Å². The lowest BCUT2D eigenvalue weighted by Crippen LogP contribution is -2.40. The van der Waals surface area contributed by atoms with E-state index in [4.69, 9.17) is 9.47 Å². The zero-order valence-electron chi connectivity index (χ0n) is 14.1. The highest BCUT2D eigenvalue weighted by Crippen LogP contribution is 2.36. The minimum absolute atomic E-state index is 0.0461. The Morgan fingerprint density at radius 1 is 1.26 bits per heavy atom. The molecule has 27 heavy (non-hydrogen) atoms. The Morgan fingerprint density at radius 2 is 1.89 bits per heavy atom. The van der Waals surface area contributed by atoms with Gasteiger partial charge < -0.3 is 24.2 Å². The highest BCUT2D eigenvalue weighted by Gasteiger charge is 2.36. The number of carbonyl (C=O) groups excluding carboxylic acids is 2. The number of carbonyl (C=O) groups is 3. The molecule has 0 saturated heterocycles. The molecule has 0 unspecified atom stereocenters. The lowest BCUT2D eigenvalue weighted by Gasteiger charge is -2.32. The van der Waals surface area contributed by atoms with E-state index in [1.54, 1.807) is 22.6 Å². The van der Waals surface area contributed by atoms with Gasteiger partial charge in [-0.1, -0.05) is 0 Å². The number of hydrogen-bond donors (Lipinski definition) is 1. The molecule has 0 spiro atoms. The van der Waals surface area contributed by atoms with Gasteiger partial charge in [0.05, 0.1) is 42.6 Å². The van der Waals surface area contributed by atoms with Crippen LogP contribution in [0.25, 0.3) is 0 Å². The van der Waals surface area contributed by atoms with Crippen LogP contribution in [0.4, 0.5) is 11.4 Å². The molecule has 0 fully saturated rings. The Labute approximate surface area is 165 Å². The first kappa shape index (κ1) is 20.6. The minimum atomic E-state index is -1.46. The third-order valence-electron chi connectivity index (χ3n) is 3.59. The molecular weight excluding hydrogens is 479 g/mol. The topological polar surface area (TPSA) is 146 Å². The number of halogens is 1. The Kier molecular flexibility index (Phi) is 6.32. The van der Waals surface area contributed by atoms with Gasteiger partial charge >= 0.3 is 17.9 Å². The monoisotopic (exact) mass is 492 g/mol. The SMILES string of the molecule is COC(=O)C1=C(C(=O)OC)N(c2c(I)cc([N+](=O)[O-])cc2C(=O)O)COC1. The predicted molar refractivity (Wildman–Crippen MR) is 97.1 cm³/mol. The molecule has 1 aliphatic heterocycles. The number of ether oxygens (including phenoxy) is 3. The van der Waals surface area contributed by atoms with Gasteiger partial charge in [-0.05, 0) is 22.6 Å². The van der Waals surface area contributed by atoms with Crippen LogP contribution in [0, 0.1) is 13.7 Å². The zero-order valence-corrected chi connectivity index (χ0v) is 16.2. The number of anilines is 1. The molecule has 0 aliphatic carbocycles. The molecule has 0 saturated carbocycles. The third-order valence-corrected chi connectivity index (χ3v) is 4.41. The second-order valence-electron chi connectivity index (χ2n) is 5.10. The second kappa shape index (κ2) is 8.30. The fourth-order valence-corrected chi connectivity index (χ4v) is 3.35. The molecule has 1 aliphatic rings. The van der Waals surface area contributed by atoms with Gasteiger partial charge in [0.25, 0.3) is 5.69 Å². The van der Waals surface area contributed by atoms with Crippen LogP contribution in [0.15, 0.2) is 23.4 Å². The van der Waals surface area contributed by atoms with E-state index in [0.717, 1.165) is 31.3 Å². The summed E-state index contributed by atoms with van der Waals surface area (Å²) in [4.78, 5) is 47.4. The molecule has 1 aromatic rings. The lowest BCUT2D eigenvalue weighted by atomic mass is 10.1. The number of non-ortho nitro benzene ring substituents is 1. The van der Waals surface area contributed by atoms with Gasteiger partial charge in [0.2, 0.25) is 0 Å². The van der Waals surface area contributed by atoms with Gasteiger partial charge in [0, 0.05) is 15.7 Å². The van der Waals surface area contributed by atoms with E-state index in [2.05, 4.69) is 4.74 Å². The number of carboxylic acid groups (broad SMARTS) is 1. The van der Waals surface area contributed by atoms with Gasteiger partial charge in [0.15, 0.2) is 0 Å². The largest absolute Gasteiger partial charge is 0.478 e. The molecule has 1 aromatic carbocycles. The fourth-order valence-electron chi connectivity index (χ4n) is 2.45. The van der Waals surface area contributed by atoms with Crippen molar-refractivity contribution in [1.82, 2.24) is 0 Å². The van der Waals surface area contributed by atoms with E-state index in [-0.39, 0.29) is 33.9 Å². The summed E-state index contributed by atoms with van der Waals surface area (Å²) in [6.45, 7) is -0.529. The Balaban J connectivity index is 2.78. The molecule has 12 heteroatoms. The van der Waals surface area contributed by atoms with Gasteiger partial charge in [-0.25, -0.2) is 14.4 Å². The highest BCUT2D eigenvalue weighted by molar-refractivity contribution is 14.1. The first-order valence-electron chi connectivity index (χ1n) is 7.19. The molecule has 144 valence electrons. The maximum Gasteiger partial charge on any atom is 0.355 e. The van der Waals surface area contributed by atoms with Crippen molar-refractivity contribution in [3.8, 4) is 0 Å². The minimum Gasteiger partial charge on any atom is -0.478 e. The number of methoxy groups -OCH3 is 2. The van der Waals surface area contributed by atoms with Gasteiger partial charge in [-0.2, -0.15) is 0 Å². The molecule has 0 amide bonds. The van der Waals surface area contributed by atoms with Crippen LogP contribution in [0.2, 0.25) is 0 Å². The van der Waals surface area contributed by atoms with E-state index < -0.39 is 34.1 Å². The maximum atomic E-state index is 12.3. The van der Waals surface area contributed by atoms with E-state index in [1.807, 2.05) is 0 Å². The lowest BCUT2D eigenvalue weighted by molar-refractivity contribution is -0.385. The number of rotatable bonds is 5. The molecular formula is C15H13IN2O9. The number of nitro groups is 1. The summed E-state index contributed by atoms with van der Waals surface area (Å²) >= 11 is 1.70. The standard InChI is InChI=1S/C15H13IN2O9/c1-25-14(21)9-5-27-6-17(12(9)15(22)26-2)11-8(13(19)20)3-7(18(23)24)4-10(11)16/h3-4H,5-6H2,1-2H3,(H,19,20). The summed E-state index contributed by atoms with van der Waals surface area (Å²) in [5.74, 6) is -3.22. The predicted octanol–water partition coefficient (Wildman–Crippen LogP) is 1.29. The number of carboxylic acids is 1. The maximum absolute atomic E-state index is 12.3. The summed E-state index contributed by atoms with van der Waals surface area (Å²) in [5, 5.41) is 20.6. The van der Waals surface area contributed by atoms with Crippen LogP contribution in [-0.2, 0) is 23.8 Å². The Morgan fingerprint density at radius 3 is 2.41 bits per heavy atom. The summed E-state index contributed by atoms with van der Waals surface area (Å²) in [6.07, 6.45) is 0. The first-order valence-corrected chi connectivity index (χ1v) is 8.27. The number of benzene rings is 1. The van der Waals surface area contributed by atoms with E-state index >= 15 is 0 Å². The smallest absolute Gasteiger partial charge is 0.355 e. The first-order chi connectivity index (χ1) is 12.7. The van der Waals surface area contributed by atoms with Crippen LogP contribution >= 0.6 is 22.6 Å². The van der Waals surface area contributed by atoms with Crippen molar-refractivity contribution in [2.24, 2.45) is 0 Å². The molecule has 2 rings (SSSR count). The quantitative estimate of drug-likeness (QED) is 0.276. The van der Waals surface area contributed by atoms with Crippen molar-refractivity contribution in [1.29, 1.82) is 0 Å². The molecule has 0 aromatic heterocycles. The molecule has 11 nitrogen and oxygen atoms in total. The van der Waals surface area contributed by atoms with Gasteiger partial charge in [-0.3, -0.25) is 10.1 Å². The number of hydrogen-bond acceptors (Lipinski definition) is 9. The summed E-state index contributed by atoms with van der Waals surface area (Å²) in [5.41, 5.74) is -1.35. The van der Waals surface area contributed by atoms with Gasteiger partial charge in [-0.15, -0.1) is 0 Å². The van der Waals surface area contributed by atoms with Crippen LogP contribution in [0.5, 0.6) is 0 Å². The highest BCUT2D eigenvalue weighted by atomic mass is 127. The number of nitro benzene ring substituents is 1. The van der Waals surface area contributed by atoms with Crippen molar-refractivity contribution in [2.45, 2.75) is 0 Å². The van der Waals surface area contributed by atoms with Crippen LogP contribution in [0.1, 0.15) is 10.4 Å². The number of esters is 2. The van der Waals surface area contributed by atoms with Crippen LogP contribution < -0.4 is 4.90 Å². The van der Waals surface area contributed by atoms with Crippen molar-refractivity contribution in [3.05, 3.63) is 42.7 Å². The average molecular weight is 492 g/mol. The van der Waals surface area contributed by atoms with Crippen LogP contribution in [-0.4, -0.2) is 55.5 Å². The fraction of sp³-hybridized carbons (Fsp3) is 0.267. The molecule has 0 radical (unpaired) electrons. The molecule has 1 N–H and O–H groups in total. The third kappa shape index (κ3) is 4.00. The van der Waals surface area contributed by atoms with Crippen molar-refractivity contribution < 1.29 is 38.6 Å². The summed E-state index contributed by atoms with van der Waals surface area (Å²) in [6, 6.07) is 2.00. The number of aromatic carboxylic acids is 1. The Hall–Kier alpha value is -2.74. The summed E-state index contributed by atoms with van der Waals surface area (Å²) in [7, 11) is 2.21. The van der Waals surface area contributed by atoms with Crippen molar-refractivity contribution >= 4 is 51.9 Å². The Bertz CT molecular complexity index is 865.